The molecule has 8 nitrogen and oxygen atoms in total. The highest BCUT2D eigenvalue weighted by atomic mass is 16.5. The molecule has 0 aliphatic heterocycles. The average Bonchev–Trinajstić information content (AvgIpc) is 2.83. The van der Waals surface area contributed by atoms with Crippen LogP contribution in [0.15, 0.2) is 59.7 Å². The first-order chi connectivity index (χ1) is 15.6. The van der Waals surface area contributed by atoms with E-state index < -0.39 is 11.8 Å². The maximum atomic E-state index is 12.3. The van der Waals surface area contributed by atoms with Crippen molar-refractivity contribution in [1.82, 2.24) is 10.7 Å². The Bertz CT molecular complexity index is 1140. The number of rotatable bonds is 9. The fraction of sp³-hybridized carbons (Fsp3) is 0.208. The van der Waals surface area contributed by atoms with Crippen molar-refractivity contribution in [3.8, 4) is 17.2 Å². The molecule has 3 aromatic rings. The summed E-state index contributed by atoms with van der Waals surface area (Å²) in [7, 11) is 3.00. The van der Waals surface area contributed by atoms with Crippen LogP contribution >= 0.6 is 0 Å². The van der Waals surface area contributed by atoms with Gasteiger partial charge in [-0.15, -0.1) is 0 Å². The molecule has 32 heavy (non-hydrogen) atoms. The van der Waals surface area contributed by atoms with Crippen molar-refractivity contribution in [1.29, 1.82) is 0 Å². The molecule has 0 bridgehead atoms. The summed E-state index contributed by atoms with van der Waals surface area (Å²) in [5, 5.41) is 8.58. The van der Waals surface area contributed by atoms with Crippen molar-refractivity contribution in [2.24, 2.45) is 5.10 Å². The van der Waals surface area contributed by atoms with Crippen molar-refractivity contribution in [3.05, 3.63) is 65.7 Å². The first kappa shape index (κ1) is 22.6. The number of nitrogens with one attached hydrogen (secondary N) is 2. The van der Waals surface area contributed by atoms with Crippen molar-refractivity contribution >= 4 is 28.8 Å². The molecule has 0 aliphatic rings. The fourth-order valence-electron chi connectivity index (χ4n) is 3.14. The summed E-state index contributed by atoms with van der Waals surface area (Å²) in [5.41, 5.74) is 3.54. The fourth-order valence-corrected chi connectivity index (χ4v) is 3.14. The quantitative estimate of drug-likeness (QED) is 0.398. The Morgan fingerprint density at radius 2 is 1.72 bits per heavy atom. The lowest BCUT2D eigenvalue weighted by atomic mass is 10.0. The van der Waals surface area contributed by atoms with Crippen LogP contribution in [0.1, 0.15) is 22.8 Å². The molecule has 0 heterocycles. The van der Waals surface area contributed by atoms with E-state index in [1.165, 1.54) is 14.2 Å². The second kappa shape index (κ2) is 10.8. The van der Waals surface area contributed by atoms with Crippen molar-refractivity contribution in [3.63, 3.8) is 0 Å². The van der Waals surface area contributed by atoms with Crippen LogP contribution in [0.3, 0.4) is 0 Å². The third-order valence-electron chi connectivity index (χ3n) is 4.67. The number of hydrazone groups is 1. The van der Waals surface area contributed by atoms with E-state index in [2.05, 4.69) is 15.8 Å². The normalized spacial score (nSPS) is 10.7. The Balaban J connectivity index is 1.63. The van der Waals surface area contributed by atoms with Gasteiger partial charge in [-0.05, 0) is 42.0 Å². The standard InChI is InChI=1S/C24H25N3O5/c1-4-32-20-11-9-16-7-5-6-8-18(16)19(20)14-26-27-23(28)15-25-24(29)17-10-12-21(30-2)22(13-17)31-3/h5-14H,4,15H2,1-3H3,(H,25,29)(H,27,28). The number of hydrogen-bond acceptors (Lipinski definition) is 6. The Labute approximate surface area is 186 Å². The van der Waals surface area contributed by atoms with Crippen LogP contribution in [-0.4, -0.2) is 45.4 Å². The van der Waals surface area contributed by atoms with Crippen LogP contribution in [0.25, 0.3) is 10.8 Å². The summed E-state index contributed by atoms with van der Waals surface area (Å²) < 4.78 is 16.0. The highest BCUT2D eigenvalue weighted by Crippen LogP contribution is 2.28. The third kappa shape index (κ3) is 5.34. The summed E-state index contributed by atoms with van der Waals surface area (Å²) in [6.45, 7) is 2.17. The lowest BCUT2D eigenvalue weighted by Gasteiger charge is -2.10. The van der Waals surface area contributed by atoms with Crippen LogP contribution in [0.2, 0.25) is 0 Å². The summed E-state index contributed by atoms with van der Waals surface area (Å²) in [6, 6.07) is 16.4. The van der Waals surface area contributed by atoms with E-state index >= 15 is 0 Å². The number of benzene rings is 3. The Hall–Kier alpha value is -4.07. The molecule has 0 fully saturated rings. The molecule has 0 aliphatic carbocycles. The zero-order valence-corrected chi connectivity index (χ0v) is 18.2. The molecule has 0 saturated heterocycles. The van der Waals surface area contributed by atoms with E-state index in [0.717, 1.165) is 16.3 Å². The van der Waals surface area contributed by atoms with Gasteiger partial charge >= 0.3 is 0 Å². The number of amides is 2. The zero-order valence-electron chi connectivity index (χ0n) is 18.2. The molecule has 0 unspecified atom stereocenters. The Kier molecular flexibility index (Phi) is 7.64. The number of nitrogens with zero attached hydrogens (tertiary/aromatic N) is 1. The smallest absolute Gasteiger partial charge is 0.259 e. The third-order valence-corrected chi connectivity index (χ3v) is 4.67. The number of hydrogen-bond donors (Lipinski definition) is 2. The SMILES string of the molecule is CCOc1ccc2ccccc2c1C=NNC(=O)CNC(=O)c1ccc(OC)c(OC)c1. The Morgan fingerprint density at radius 1 is 0.969 bits per heavy atom. The van der Waals surface area contributed by atoms with Gasteiger partial charge < -0.3 is 19.5 Å². The lowest BCUT2D eigenvalue weighted by molar-refractivity contribution is -0.120. The molecule has 2 N–H and O–H groups in total. The molecule has 3 rings (SSSR count). The van der Waals surface area contributed by atoms with Gasteiger partial charge in [-0.2, -0.15) is 5.10 Å². The topological polar surface area (TPSA) is 98.2 Å². The van der Waals surface area contributed by atoms with Gasteiger partial charge in [-0.1, -0.05) is 30.3 Å². The molecule has 2 amide bonds. The second-order valence-corrected chi connectivity index (χ2v) is 6.68. The van der Waals surface area contributed by atoms with Gasteiger partial charge in [-0.25, -0.2) is 5.43 Å². The minimum absolute atomic E-state index is 0.238. The van der Waals surface area contributed by atoms with Gasteiger partial charge in [-0.3, -0.25) is 9.59 Å². The minimum Gasteiger partial charge on any atom is -0.493 e. The van der Waals surface area contributed by atoms with Crippen LogP contribution in [-0.2, 0) is 4.79 Å². The second-order valence-electron chi connectivity index (χ2n) is 6.68. The molecule has 0 spiro atoms. The minimum atomic E-state index is -0.465. The van der Waals surface area contributed by atoms with E-state index in [9.17, 15) is 9.59 Å². The van der Waals surface area contributed by atoms with Gasteiger partial charge in [0.2, 0.25) is 0 Å². The molecule has 8 heteroatoms. The first-order valence-electron chi connectivity index (χ1n) is 10.0. The van der Waals surface area contributed by atoms with Gasteiger partial charge in [0.25, 0.3) is 11.8 Å². The predicted molar refractivity (Wildman–Crippen MR) is 123 cm³/mol. The summed E-state index contributed by atoms with van der Waals surface area (Å²) >= 11 is 0. The maximum Gasteiger partial charge on any atom is 0.259 e. The number of ether oxygens (including phenoxy) is 3. The van der Waals surface area contributed by atoms with Crippen LogP contribution in [0.4, 0.5) is 0 Å². The highest BCUT2D eigenvalue weighted by molar-refractivity contribution is 6.03. The number of carbonyl (C=O) groups excluding carboxylic acids is 2. The van der Waals surface area contributed by atoms with E-state index in [4.69, 9.17) is 14.2 Å². The van der Waals surface area contributed by atoms with Crippen molar-refractivity contribution in [2.75, 3.05) is 27.4 Å². The van der Waals surface area contributed by atoms with E-state index in [0.29, 0.717) is 29.4 Å². The van der Waals surface area contributed by atoms with Gasteiger partial charge in [0, 0.05) is 11.1 Å². The van der Waals surface area contributed by atoms with Crippen LogP contribution in [0.5, 0.6) is 17.2 Å². The molecule has 0 atom stereocenters. The summed E-state index contributed by atoms with van der Waals surface area (Å²) in [5.74, 6) is 0.724. The first-order valence-corrected chi connectivity index (χ1v) is 10.0. The van der Waals surface area contributed by atoms with Crippen LogP contribution in [0, 0.1) is 0 Å². The number of methoxy groups -OCH3 is 2. The highest BCUT2D eigenvalue weighted by Gasteiger charge is 2.12. The maximum absolute atomic E-state index is 12.3. The molecule has 0 aromatic heterocycles. The van der Waals surface area contributed by atoms with E-state index in [-0.39, 0.29) is 6.54 Å². The van der Waals surface area contributed by atoms with Gasteiger partial charge in [0.1, 0.15) is 5.75 Å². The summed E-state index contributed by atoms with van der Waals surface area (Å²) in [4.78, 5) is 24.5. The van der Waals surface area contributed by atoms with Gasteiger partial charge in [0.15, 0.2) is 11.5 Å². The zero-order chi connectivity index (χ0) is 22.9. The Morgan fingerprint density at radius 3 is 2.47 bits per heavy atom. The molecule has 3 aromatic carbocycles. The van der Waals surface area contributed by atoms with E-state index in [1.54, 1.807) is 24.4 Å². The lowest BCUT2D eigenvalue weighted by Crippen LogP contribution is -2.34. The van der Waals surface area contributed by atoms with Gasteiger partial charge in [0.05, 0.1) is 33.6 Å². The van der Waals surface area contributed by atoms with Crippen LogP contribution < -0.4 is 25.0 Å². The molecule has 166 valence electrons. The molecular formula is C24H25N3O5. The molecular weight excluding hydrogens is 410 g/mol. The molecule has 0 radical (unpaired) electrons. The monoisotopic (exact) mass is 435 g/mol. The average molecular weight is 435 g/mol. The largest absolute Gasteiger partial charge is 0.493 e. The van der Waals surface area contributed by atoms with E-state index in [1.807, 2.05) is 43.3 Å². The van der Waals surface area contributed by atoms with Crippen molar-refractivity contribution in [2.45, 2.75) is 6.92 Å². The predicted octanol–water partition coefficient (Wildman–Crippen LogP) is 3.14. The molecule has 0 saturated carbocycles. The number of fused-ring (bicyclic) bond motifs is 1. The number of carbonyl (C=O) groups is 2. The van der Waals surface area contributed by atoms with Crippen molar-refractivity contribution < 1.29 is 23.8 Å². The summed E-state index contributed by atoms with van der Waals surface area (Å²) in [6.07, 6.45) is 1.54.